The summed E-state index contributed by atoms with van der Waals surface area (Å²) in [6, 6.07) is 10.7. The molecule has 0 aromatic heterocycles. The molecule has 4 aliphatic carbocycles. The molecule has 1 saturated heterocycles. The Kier molecular flexibility index (Phi) is 3.89. The Morgan fingerprint density at radius 2 is 1.68 bits per heavy atom. The minimum Gasteiger partial charge on any atom is -0.349 e. The number of benzene rings is 1. The summed E-state index contributed by atoms with van der Waals surface area (Å²) in [5.41, 5.74) is 1.46. The third kappa shape index (κ3) is 3.01. The number of hydrogen-bond donors (Lipinski definition) is 1. The first-order chi connectivity index (χ1) is 12.2. The Morgan fingerprint density at radius 1 is 1.04 bits per heavy atom. The van der Waals surface area contributed by atoms with Gasteiger partial charge in [0.05, 0.1) is 6.04 Å². The van der Waals surface area contributed by atoms with Crippen molar-refractivity contribution in [3.05, 3.63) is 35.9 Å². The van der Waals surface area contributed by atoms with Crippen LogP contribution in [-0.2, 0) is 11.3 Å². The predicted molar refractivity (Wildman–Crippen MR) is 98.9 cm³/mol. The third-order valence-corrected chi connectivity index (χ3v) is 7.32. The van der Waals surface area contributed by atoms with E-state index in [1.807, 2.05) is 0 Å². The molecule has 1 aliphatic heterocycles. The van der Waals surface area contributed by atoms with Crippen LogP contribution in [0.25, 0.3) is 0 Å². The van der Waals surface area contributed by atoms with Crippen LogP contribution in [0.4, 0.5) is 0 Å². The van der Waals surface area contributed by atoms with Gasteiger partial charge in [0.2, 0.25) is 5.91 Å². The molecule has 1 N–H and O–H groups in total. The van der Waals surface area contributed by atoms with Crippen LogP contribution in [0.5, 0.6) is 0 Å². The second kappa shape index (κ2) is 6.12. The molecule has 0 unspecified atom stereocenters. The van der Waals surface area contributed by atoms with Crippen molar-refractivity contribution in [3.63, 3.8) is 0 Å². The molecule has 6 rings (SSSR count). The number of rotatable bonds is 4. The fourth-order valence-corrected chi connectivity index (χ4v) is 6.74. The second-order valence-electron chi connectivity index (χ2n) is 9.30. The molecule has 5 aliphatic rings. The van der Waals surface area contributed by atoms with Gasteiger partial charge in [-0.1, -0.05) is 30.3 Å². The minimum atomic E-state index is 0.0770. The molecular formula is C22H30N2O. The largest absolute Gasteiger partial charge is 0.349 e. The Morgan fingerprint density at radius 3 is 2.32 bits per heavy atom. The van der Waals surface area contributed by atoms with E-state index < -0.39 is 0 Å². The van der Waals surface area contributed by atoms with Gasteiger partial charge in [-0.15, -0.1) is 0 Å². The molecule has 0 radical (unpaired) electrons. The zero-order chi connectivity index (χ0) is 16.9. The lowest BCUT2D eigenvalue weighted by Crippen LogP contribution is -2.62. The first-order valence-electron chi connectivity index (χ1n) is 10.3. The molecule has 0 spiro atoms. The average Bonchev–Trinajstić information content (AvgIpc) is 3.02. The number of carbonyl (C=O) groups excluding carboxylic acids is 1. The van der Waals surface area contributed by atoms with Crippen LogP contribution in [0.1, 0.15) is 56.9 Å². The smallest absolute Gasteiger partial charge is 0.237 e. The van der Waals surface area contributed by atoms with Gasteiger partial charge in [-0.25, -0.2) is 0 Å². The SMILES string of the molecule is O=C(NC12CC3CC(CC(C3)C1)C2)[C@H]1CCCN1Cc1ccccc1. The molecule has 1 aromatic carbocycles. The zero-order valence-corrected chi connectivity index (χ0v) is 15.1. The number of nitrogens with one attached hydrogen (secondary N) is 1. The van der Waals surface area contributed by atoms with E-state index >= 15 is 0 Å². The van der Waals surface area contributed by atoms with E-state index in [0.717, 1.165) is 43.7 Å². The zero-order valence-electron chi connectivity index (χ0n) is 15.1. The molecule has 4 saturated carbocycles. The van der Waals surface area contributed by atoms with Crippen molar-refractivity contribution in [1.82, 2.24) is 10.2 Å². The van der Waals surface area contributed by atoms with E-state index in [2.05, 4.69) is 40.5 Å². The van der Waals surface area contributed by atoms with Crippen LogP contribution in [0, 0.1) is 17.8 Å². The summed E-state index contributed by atoms with van der Waals surface area (Å²) in [6.45, 7) is 1.95. The van der Waals surface area contributed by atoms with E-state index in [1.165, 1.54) is 44.1 Å². The first kappa shape index (κ1) is 15.9. The van der Waals surface area contributed by atoms with Crippen LogP contribution in [0.15, 0.2) is 30.3 Å². The van der Waals surface area contributed by atoms with Gasteiger partial charge >= 0.3 is 0 Å². The number of nitrogens with zero attached hydrogens (tertiary/aromatic N) is 1. The van der Waals surface area contributed by atoms with Gasteiger partial charge in [0.15, 0.2) is 0 Å². The standard InChI is InChI=1S/C22H30N2O/c25-21(20-7-4-8-24(20)15-16-5-2-1-3-6-16)23-22-12-17-9-18(13-22)11-19(10-17)14-22/h1-3,5-6,17-20H,4,7-15H2,(H,23,25)/t17?,18?,19?,20-,22?/m1/s1. The van der Waals surface area contributed by atoms with Gasteiger partial charge in [0.25, 0.3) is 0 Å². The monoisotopic (exact) mass is 338 g/mol. The van der Waals surface area contributed by atoms with Crippen molar-refractivity contribution in [2.45, 2.75) is 69.5 Å². The molecule has 134 valence electrons. The highest BCUT2D eigenvalue weighted by atomic mass is 16.2. The van der Waals surface area contributed by atoms with Crippen LogP contribution < -0.4 is 5.32 Å². The molecule has 1 aromatic rings. The van der Waals surface area contributed by atoms with Gasteiger partial charge in [0.1, 0.15) is 0 Å². The van der Waals surface area contributed by atoms with Gasteiger partial charge in [0, 0.05) is 12.1 Å². The van der Waals surface area contributed by atoms with Crippen molar-refractivity contribution in [1.29, 1.82) is 0 Å². The number of carbonyl (C=O) groups is 1. The van der Waals surface area contributed by atoms with E-state index in [9.17, 15) is 4.79 Å². The lowest BCUT2D eigenvalue weighted by molar-refractivity contribution is -0.131. The minimum absolute atomic E-state index is 0.0770. The Balaban J connectivity index is 1.27. The molecular weight excluding hydrogens is 308 g/mol. The van der Waals surface area contributed by atoms with Gasteiger partial charge in [-0.2, -0.15) is 0 Å². The van der Waals surface area contributed by atoms with Crippen LogP contribution in [-0.4, -0.2) is 28.9 Å². The Hall–Kier alpha value is -1.35. The lowest BCUT2D eigenvalue weighted by Gasteiger charge is -2.57. The molecule has 3 heteroatoms. The summed E-state index contributed by atoms with van der Waals surface area (Å²) in [6.07, 6.45) is 10.2. The van der Waals surface area contributed by atoms with Crippen LogP contribution >= 0.6 is 0 Å². The summed E-state index contributed by atoms with van der Waals surface area (Å²) in [7, 11) is 0. The summed E-state index contributed by atoms with van der Waals surface area (Å²) in [5, 5.41) is 3.60. The molecule has 5 fully saturated rings. The molecule has 1 atom stereocenters. The lowest BCUT2D eigenvalue weighted by atomic mass is 9.53. The number of likely N-dealkylation sites (tertiary alicyclic amines) is 1. The number of hydrogen-bond acceptors (Lipinski definition) is 2. The van der Waals surface area contributed by atoms with Crippen LogP contribution in [0.3, 0.4) is 0 Å². The van der Waals surface area contributed by atoms with E-state index in [-0.39, 0.29) is 11.6 Å². The third-order valence-electron chi connectivity index (χ3n) is 7.32. The summed E-state index contributed by atoms with van der Waals surface area (Å²) in [5.74, 6) is 2.97. The summed E-state index contributed by atoms with van der Waals surface area (Å²) in [4.78, 5) is 15.6. The van der Waals surface area contributed by atoms with Crippen molar-refractivity contribution in [3.8, 4) is 0 Å². The Bertz CT molecular complexity index is 605. The maximum absolute atomic E-state index is 13.2. The molecule has 4 bridgehead atoms. The predicted octanol–water partition coefficient (Wildman–Crippen LogP) is 3.74. The topological polar surface area (TPSA) is 32.3 Å². The highest BCUT2D eigenvalue weighted by molar-refractivity contribution is 5.83. The van der Waals surface area contributed by atoms with Gasteiger partial charge < -0.3 is 5.32 Å². The number of amides is 1. The molecule has 1 amide bonds. The highest BCUT2D eigenvalue weighted by Gasteiger charge is 2.52. The maximum Gasteiger partial charge on any atom is 0.237 e. The highest BCUT2D eigenvalue weighted by Crippen LogP contribution is 2.55. The second-order valence-corrected chi connectivity index (χ2v) is 9.30. The fraction of sp³-hybridized carbons (Fsp3) is 0.682. The van der Waals surface area contributed by atoms with Crippen LogP contribution in [0.2, 0.25) is 0 Å². The van der Waals surface area contributed by atoms with E-state index in [4.69, 9.17) is 0 Å². The van der Waals surface area contributed by atoms with E-state index in [1.54, 1.807) is 0 Å². The molecule has 3 nitrogen and oxygen atoms in total. The van der Waals surface area contributed by atoms with Crippen molar-refractivity contribution < 1.29 is 4.79 Å². The summed E-state index contributed by atoms with van der Waals surface area (Å²) < 4.78 is 0. The van der Waals surface area contributed by atoms with Gasteiger partial charge in [-0.05, 0) is 81.2 Å². The fourth-order valence-electron chi connectivity index (χ4n) is 6.74. The van der Waals surface area contributed by atoms with Crippen molar-refractivity contribution in [2.24, 2.45) is 17.8 Å². The van der Waals surface area contributed by atoms with E-state index in [0.29, 0.717) is 5.91 Å². The maximum atomic E-state index is 13.2. The van der Waals surface area contributed by atoms with Gasteiger partial charge in [-0.3, -0.25) is 9.69 Å². The quantitative estimate of drug-likeness (QED) is 0.907. The first-order valence-corrected chi connectivity index (χ1v) is 10.3. The Labute approximate surface area is 151 Å². The van der Waals surface area contributed by atoms with Crippen molar-refractivity contribution in [2.75, 3.05) is 6.54 Å². The molecule has 1 heterocycles. The summed E-state index contributed by atoms with van der Waals surface area (Å²) >= 11 is 0. The average molecular weight is 338 g/mol. The normalized spacial score (nSPS) is 39.7. The van der Waals surface area contributed by atoms with Crippen molar-refractivity contribution >= 4 is 5.91 Å². The molecule has 25 heavy (non-hydrogen) atoms.